The van der Waals surface area contributed by atoms with Crippen LogP contribution in [-0.2, 0) is 30.3 Å². The molecule has 0 spiro atoms. The highest BCUT2D eigenvalue weighted by molar-refractivity contribution is 7.70. The van der Waals surface area contributed by atoms with Gasteiger partial charge in [-0.25, -0.2) is 9.97 Å². The zero-order valence-corrected chi connectivity index (χ0v) is 49.1. The summed E-state index contributed by atoms with van der Waals surface area (Å²) in [7, 11) is -0.931. The van der Waals surface area contributed by atoms with Gasteiger partial charge in [-0.2, -0.15) is 4.98 Å². The van der Waals surface area contributed by atoms with E-state index in [9.17, 15) is 28.8 Å². The second-order valence-corrected chi connectivity index (χ2v) is 26.8. The van der Waals surface area contributed by atoms with Crippen molar-refractivity contribution in [1.29, 1.82) is 0 Å². The first-order valence-electron chi connectivity index (χ1n) is 27.5. The fraction of sp³-hybridized carbons (Fsp3) is 0.500. The Labute approximate surface area is 473 Å². The molecule has 21 heteroatoms. The number of nitrogens with zero attached hydrogens (tertiary/aromatic N) is 7. The number of carbonyl (C=O) groups is 4. The topological polar surface area (TPSA) is 215 Å². The maximum atomic E-state index is 14.1. The minimum Gasteiger partial charge on any atom is -0.494 e. The number of rotatable bonds is 21. The minimum absolute atomic E-state index is 0.0126. The zero-order valence-electron chi connectivity index (χ0n) is 46.6. The van der Waals surface area contributed by atoms with E-state index in [0.29, 0.717) is 71.2 Å². The van der Waals surface area contributed by atoms with Crippen molar-refractivity contribution in [3.05, 3.63) is 94.7 Å². The van der Waals surface area contributed by atoms with Crippen LogP contribution in [0.15, 0.2) is 78.4 Å². The summed E-state index contributed by atoms with van der Waals surface area (Å²) in [6.45, 7) is 16.3. The van der Waals surface area contributed by atoms with Gasteiger partial charge in [0.15, 0.2) is 5.82 Å². The highest BCUT2D eigenvalue weighted by atomic mass is 35.5. The number of piperazine rings is 1. The number of carbonyl (C=O) groups excluding carboxylic acids is 4. The van der Waals surface area contributed by atoms with Gasteiger partial charge in [0.1, 0.15) is 30.0 Å². The number of aliphatic hydroxyl groups excluding tert-OH is 1. The molecule has 3 aliphatic heterocycles. The first kappa shape index (κ1) is 59.0. The number of thiazole rings is 1. The first-order valence-corrected chi connectivity index (χ1v) is 31.3. The zero-order chi connectivity index (χ0) is 56.4. The number of piperidine rings is 1. The molecule has 424 valence electrons. The number of hydrogen-bond donors (Lipinski definition) is 5. The lowest BCUT2D eigenvalue weighted by Crippen LogP contribution is -2.57. The van der Waals surface area contributed by atoms with Crippen LogP contribution in [0.4, 0.5) is 28.8 Å². The molecule has 0 radical (unpaired) electrons. The van der Waals surface area contributed by atoms with Crippen LogP contribution in [0.1, 0.15) is 89.8 Å². The number of β-amino-alcohol motifs (C(OH)–C–C–N with tert-alkyl or cyclic N) is 1. The average molecular weight is 1140 g/mol. The number of methoxy groups -OCH3 is 1. The fourth-order valence-electron chi connectivity index (χ4n) is 10.7. The van der Waals surface area contributed by atoms with Crippen LogP contribution in [-0.4, -0.2) is 149 Å². The third kappa shape index (κ3) is 15.4. The molecule has 8 rings (SSSR count). The minimum atomic E-state index is -2.57. The first-order chi connectivity index (χ1) is 37.7. The van der Waals surface area contributed by atoms with Gasteiger partial charge in [-0.15, -0.1) is 11.3 Å². The number of ether oxygens (including phenoxy) is 1. The van der Waals surface area contributed by atoms with Gasteiger partial charge in [-0.05, 0) is 86.7 Å². The van der Waals surface area contributed by atoms with Crippen LogP contribution < -0.4 is 36.2 Å². The number of unbranched alkanes of at least 4 members (excludes halogenated alkanes) is 3. The van der Waals surface area contributed by atoms with E-state index in [4.69, 9.17) is 16.3 Å². The second kappa shape index (κ2) is 26.4. The van der Waals surface area contributed by atoms with E-state index in [2.05, 4.69) is 52.1 Å². The molecule has 3 atom stereocenters. The van der Waals surface area contributed by atoms with E-state index in [1.165, 1.54) is 11.1 Å². The third-order valence-corrected chi connectivity index (χ3v) is 18.0. The van der Waals surface area contributed by atoms with Gasteiger partial charge in [-0.1, -0.05) is 81.6 Å². The van der Waals surface area contributed by atoms with E-state index < -0.39 is 30.7 Å². The molecule has 79 heavy (non-hydrogen) atoms. The quantitative estimate of drug-likeness (QED) is 0.0344. The number of para-hydroxylation sites is 1. The molecule has 5 heterocycles. The normalized spacial score (nSPS) is 17.8. The summed E-state index contributed by atoms with van der Waals surface area (Å²) in [5, 5.41) is 24.1. The van der Waals surface area contributed by atoms with Crippen molar-refractivity contribution < 1.29 is 33.6 Å². The molecule has 3 aromatic carbocycles. The summed E-state index contributed by atoms with van der Waals surface area (Å²) in [6, 6.07) is 20.1. The van der Waals surface area contributed by atoms with Crippen molar-refractivity contribution in [2.75, 3.05) is 81.8 Å². The molecule has 4 amide bonds. The average Bonchev–Trinajstić information content (AvgIpc) is 4.19. The number of amides is 4. The van der Waals surface area contributed by atoms with Crippen LogP contribution in [0.5, 0.6) is 5.75 Å². The molecule has 5 aromatic rings. The molecular formula is C58H77ClN11O7PS. The summed E-state index contributed by atoms with van der Waals surface area (Å²) in [6.07, 6.45) is 6.49. The Morgan fingerprint density at radius 3 is 2.27 bits per heavy atom. The summed E-state index contributed by atoms with van der Waals surface area (Å²) in [5.74, 6) is 0.562. The number of nitrogens with one attached hydrogen (secondary N) is 4. The van der Waals surface area contributed by atoms with Crippen molar-refractivity contribution in [2.45, 2.75) is 116 Å². The molecule has 0 bridgehead atoms. The Bertz CT molecular complexity index is 2970. The Hall–Kier alpha value is -6.11. The van der Waals surface area contributed by atoms with Gasteiger partial charge < -0.3 is 50.4 Å². The number of aryl methyl sites for hydroxylation is 1. The molecule has 0 saturated carbocycles. The Balaban J connectivity index is 0.718. The van der Waals surface area contributed by atoms with E-state index in [-0.39, 0.29) is 49.6 Å². The van der Waals surface area contributed by atoms with Gasteiger partial charge >= 0.3 is 0 Å². The van der Waals surface area contributed by atoms with Crippen LogP contribution in [0.2, 0.25) is 5.02 Å². The Morgan fingerprint density at radius 1 is 0.886 bits per heavy atom. The van der Waals surface area contributed by atoms with Crippen LogP contribution in [0, 0.1) is 12.3 Å². The maximum Gasteiger partial charge on any atom is 0.246 e. The smallest absolute Gasteiger partial charge is 0.246 e. The van der Waals surface area contributed by atoms with Crippen molar-refractivity contribution >= 4 is 87.8 Å². The molecule has 5 N–H and O–H groups in total. The molecule has 1 unspecified atom stereocenters. The third-order valence-electron chi connectivity index (χ3n) is 15.2. The number of likely N-dealkylation sites (tertiary alicyclic amines) is 1. The summed E-state index contributed by atoms with van der Waals surface area (Å²) in [5.41, 5.74) is 6.54. The van der Waals surface area contributed by atoms with Crippen molar-refractivity contribution in [3.8, 4) is 16.2 Å². The highest BCUT2D eigenvalue weighted by Gasteiger charge is 2.44. The van der Waals surface area contributed by atoms with Gasteiger partial charge in [0, 0.05) is 94.7 Å². The van der Waals surface area contributed by atoms with E-state index >= 15 is 0 Å². The molecule has 3 saturated heterocycles. The lowest BCUT2D eigenvalue weighted by molar-refractivity contribution is -0.144. The van der Waals surface area contributed by atoms with Gasteiger partial charge in [0.2, 0.25) is 29.6 Å². The second-order valence-electron chi connectivity index (χ2n) is 22.4. The number of aromatic nitrogens is 3. The Morgan fingerprint density at radius 2 is 1.59 bits per heavy atom. The largest absolute Gasteiger partial charge is 0.494 e. The lowest BCUT2D eigenvalue weighted by atomic mass is 9.85. The van der Waals surface area contributed by atoms with Crippen molar-refractivity contribution in [2.24, 2.45) is 5.41 Å². The lowest BCUT2D eigenvalue weighted by Gasteiger charge is -2.43. The standard InChI is InChI=1S/C58H77ClN11O7PS/c1-38-52(79-37-62-38)40-20-18-39(19-21-40)34-60-55(74)47-33-43(71)36-70(47)56(75)53(58(2,3)4)65-50(72)16-10-8-9-11-17-51(73)69-30-28-68(29-31-69)41-24-26-67(27-25-41)42-22-23-45(48(32-42)77-5)64-57-61-35-44(59)54(66-57)63-46-14-12-13-15-49(46)78(6,7)76/h12-15,18-23,32,35,37,41,43,47,53,71H,8-11,16-17,24-31,33-34,36H2,1-7H3,(H,60,74)(H,65,72)(H2,61,63,64,66)/t43-,47+,53?/m1/s1. The fourth-order valence-corrected chi connectivity index (χ4v) is 12.8. The number of benzene rings is 3. The molecule has 0 aliphatic carbocycles. The highest BCUT2D eigenvalue weighted by Crippen LogP contribution is 2.39. The van der Waals surface area contributed by atoms with E-state index in [0.717, 1.165) is 85.7 Å². The van der Waals surface area contributed by atoms with Crippen molar-refractivity contribution in [1.82, 2.24) is 40.3 Å². The summed E-state index contributed by atoms with van der Waals surface area (Å²) >= 11 is 8.08. The molecular weight excluding hydrogens is 1060 g/mol. The monoisotopic (exact) mass is 1140 g/mol. The Kier molecular flexibility index (Phi) is 19.8. The van der Waals surface area contributed by atoms with Crippen LogP contribution in [0.25, 0.3) is 10.4 Å². The molecule has 3 fully saturated rings. The molecule has 3 aliphatic rings. The molecule has 2 aromatic heterocycles. The maximum absolute atomic E-state index is 14.1. The van der Waals surface area contributed by atoms with Gasteiger partial charge in [0.05, 0.1) is 46.9 Å². The summed E-state index contributed by atoms with van der Waals surface area (Å²) in [4.78, 5) is 77.0. The van der Waals surface area contributed by atoms with Gasteiger partial charge in [-0.3, -0.25) is 24.1 Å². The van der Waals surface area contributed by atoms with Crippen LogP contribution in [0.3, 0.4) is 0 Å². The number of aliphatic hydroxyl groups is 1. The molecule has 18 nitrogen and oxygen atoms in total. The van der Waals surface area contributed by atoms with Crippen LogP contribution >= 0.6 is 30.1 Å². The summed E-state index contributed by atoms with van der Waals surface area (Å²) < 4.78 is 18.8. The SMILES string of the molecule is COc1cc(N2CCC(N3CCN(C(=O)CCCCCCC(=O)NC(C(=O)N4C[C@H](O)C[C@H]4C(=O)NCc4ccc(-c5scnc5C)cc4)C(C)(C)C)CC3)CC2)ccc1Nc1ncc(Cl)c(Nc2ccccc2P(C)(C)=O)n1. The predicted octanol–water partition coefficient (Wildman–Crippen LogP) is 8.57. The van der Waals surface area contributed by atoms with Crippen molar-refractivity contribution in [3.63, 3.8) is 0 Å². The van der Waals surface area contributed by atoms with Gasteiger partial charge in [0.25, 0.3) is 0 Å². The number of halogens is 1. The van der Waals surface area contributed by atoms with E-state index in [1.807, 2.05) is 98.8 Å². The predicted molar refractivity (Wildman–Crippen MR) is 315 cm³/mol. The number of anilines is 5. The van der Waals surface area contributed by atoms with E-state index in [1.54, 1.807) is 31.8 Å². The number of hydrogen-bond acceptors (Lipinski definition) is 15.